The standard InChI is InChI=1S/C16H24ClNO/c1-3-8-18-12-16(7-9-19-13(16)2)11-14-5-4-6-15(17)10-14/h4-6,10,13,18H,3,7-9,11-12H2,1-2H3. The summed E-state index contributed by atoms with van der Waals surface area (Å²) in [5, 5.41) is 4.39. The minimum Gasteiger partial charge on any atom is -0.378 e. The SMILES string of the molecule is CCCNCC1(Cc2cccc(Cl)c2)CCOC1C. The highest BCUT2D eigenvalue weighted by Gasteiger charge is 2.41. The van der Waals surface area contributed by atoms with Crippen LogP contribution in [0.4, 0.5) is 0 Å². The van der Waals surface area contributed by atoms with Crippen molar-refractivity contribution in [2.75, 3.05) is 19.7 Å². The Morgan fingerprint density at radius 2 is 2.32 bits per heavy atom. The molecule has 2 rings (SSSR count). The first kappa shape index (κ1) is 14.8. The number of ether oxygens (including phenoxy) is 1. The molecular formula is C16H24ClNO. The second-order valence-electron chi connectivity index (χ2n) is 5.61. The van der Waals surface area contributed by atoms with Crippen LogP contribution in [0.3, 0.4) is 0 Å². The van der Waals surface area contributed by atoms with Crippen LogP contribution in [0.1, 0.15) is 32.3 Å². The van der Waals surface area contributed by atoms with Gasteiger partial charge in [0.1, 0.15) is 0 Å². The lowest BCUT2D eigenvalue weighted by atomic mass is 9.76. The molecule has 2 unspecified atom stereocenters. The van der Waals surface area contributed by atoms with Crippen molar-refractivity contribution in [3.63, 3.8) is 0 Å². The first-order valence-electron chi connectivity index (χ1n) is 7.23. The minimum absolute atomic E-state index is 0.208. The Bertz CT molecular complexity index is 409. The molecule has 0 amide bonds. The average molecular weight is 282 g/mol. The summed E-state index contributed by atoms with van der Waals surface area (Å²) >= 11 is 6.09. The number of halogens is 1. The molecule has 2 atom stereocenters. The van der Waals surface area contributed by atoms with Gasteiger partial charge in [-0.2, -0.15) is 0 Å². The normalized spacial score (nSPS) is 26.8. The third-order valence-corrected chi connectivity index (χ3v) is 4.41. The molecule has 106 valence electrons. The molecule has 0 bridgehead atoms. The van der Waals surface area contributed by atoms with Gasteiger partial charge < -0.3 is 10.1 Å². The molecule has 0 radical (unpaired) electrons. The van der Waals surface area contributed by atoms with Gasteiger partial charge in [-0.25, -0.2) is 0 Å². The molecule has 1 saturated heterocycles. The van der Waals surface area contributed by atoms with Crippen molar-refractivity contribution in [3.05, 3.63) is 34.9 Å². The largest absolute Gasteiger partial charge is 0.378 e. The van der Waals surface area contributed by atoms with Crippen molar-refractivity contribution in [2.45, 2.75) is 39.2 Å². The summed E-state index contributed by atoms with van der Waals surface area (Å²) in [6, 6.07) is 8.21. The van der Waals surface area contributed by atoms with E-state index < -0.39 is 0 Å². The molecule has 0 spiro atoms. The molecular weight excluding hydrogens is 258 g/mol. The summed E-state index contributed by atoms with van der Waals surface area (Å²) in [5.74, 6) is 0. The predicted molar refractivity (Wildman–Crippen MR) is 80.8 cm³/mol. The first-order valence-corrected chi connectivity index (χ1v) is 7.61. The van der Waals surface area contributed by atoms with Gasteiger partial charge >= 0.3 is 0 Å². The maximum absolute atomic E-state index is 6.09. The van der Waals surface area contributed by atoms with Crippen LogP contribution >= 0.6 is 11.6 Å². The van der Waals surface area contributed by atoms with E-state index in [1.54, 1.807) is 0 Å². The number of benzene rings is 1. The highest BCUT2D eigenvalue weighted by molar-refractivity contribution is 6.30. The molecule has 1 aliphatic rings. The van der Waals surface area contributed by atoms with Crippen molar-refractivity contribution in [2.24, 2.45) is 5.41 Å². The van der Waals surface area contributed by atoms with Gasteiger partial charge in [0.25, 0.3) is 0 Å². The van der Waals surface area contributed by atoms with Gasteiger partial charge in [0, 0.05) is 23.6 Å². The summed E-state index contributed by atoms with van der Waals surface area (Å²) < 4.78 is 5.83. The van der Waals surface area contributed by atoms with E-state index in [1.807, 2.05) is 12.1 Å². The number of hydrogen-bond donors (Lipinski definition) is 1. The van der Waals surface area contributed by atoms with Crippen molar-refractivity contribution >= 4 is 11.6 Å². The van der Waals surface area contributed by atoms with Crippen molar-refractivity contribution in [1.82, 2.24) is 5.32 Å². The minimum atomic E-state index is 0.208. The molecule has 0 aromatic heterocycles. The van der Waals surface area contributed by atoms with E-state index in [0.29, 0.717) is 6.10 Å². The van der Waals surface area contributed by atoms with E-state index in [4.69, 9.17) is 16.3 Å². The van der Waals surface area contributed by atoms with E-state index in [-0.39, 0.29) is 5.41 Å². The zero-order valence-corrected chi connectivity index (χ0v) is 12.7. The van der Waals surface area contributed by atoms with Crippen molar-refractivity contribution in [3.8, 4) is 0 Å². The summed E-state index contributed by atoms with van der Waals surface area (Å²) in [5.41, 5.74) is 1.52. The van der Waals surface area contributed by atoms with E-state index in [0.717, 1.165) is 37.6 Å². The van der Waals surface area contributed by atoms with Gasteiger partial charge in [-0.15, -0.1) is 0 Å². The lowest BCUT2D eigenvalue weighted by Crippen LogP contribution is -2.41. The number of nitrogens with one attached hydrogen (secondary N) is 1. The van der Waals surface area contributed by atoms with Crippen LogP contribution in [0.15, 0.2) is 24.3 Å². The molecule has 0 saturated carbocycles. The Hall–Kier alpha value is -0.570. The van der Waals surface area contributed by atoms with Gasteiger partial charge in [0.15, 0.2) is 0 Å². The fourth-order valence-electron chi connectivity index (χ4n) is 2.91. The third-order valence-electron chi connectivity index (χ3n) is 4.18. The van der Waals surface area contributed by atoms with Crippen LogP contribution in [-0.2, 0) is 11.2 Å². The van der Waals surface area contributed by atoms with Gasteiger partial charge in [0.2, 0.25) is 0 Å². The number of hydrogen-bond acceptors (Lipinski definition) is 2. The van der Waals surface area contributed by atoms with Crippen molar-refractivity contribution in [1.29, 1.82) is 0 Å². The van der Waals surface area contributed by atoms with E-state index in [1.165, 1.54) is 12.0 Å². The summed E-state index contributed by atoms with van der Waals surface area (Å²) in [6.07, 6.45) is 3.63. The molecule has 1 aromatic rings. The summed E-state index contributed by atoms with van der Waals surface area (Å²) in [6.45, 7) is 7.37. The molecule has 1 aliphatic heterocycles. The van der Waals surface area contributed by atoms with Crippen LogP contribution < -0.4 is 5.32 Å². The average Bonchev–Trinajstić information content (AvgIpc) is 2.71. The zero-order chi connectivity index (χ0) is 13.7. The molecule has 0 aliphatic carbocycles. The summed E-state index contributed by atoms with van der Waals surface area (Å²) in [7, 11) is 0. The molecule has 19 heavy (non-hydrogen) atoms. The molecule has 1 aromatic carbocycles. The van der Waals surface area contributed by atoms with E-state index >= 15 is 0 Å². The highest BCUT2D eigenvalue weighted by atomic mass is 35.5. The maximum atomic E-state index is 6.09. The van der Waals surface area contributed by atoms with Crippen molar-refractivity contribution < 1.29 is 4.74 Å². The van der Waals surface area contributed by atoms with Crippen LogP contribution in [0.25, 0.3) is 0 Å². The van der Waals surface area contributed by atoms with Crippen LogP contribution in [0.5, 0.6) is 0 Å². The van der Waals surface area contributed by atoms with Crippen LogP contribution in [0.2, 0.25) is 5.02 Å². The molecule has 1 N–H and O–H groups in total. The van der Waals surface area contributed by atoms with Gasteiger partial charge in [-0.05, 0) is 50.4 Å². The number of rotatable bonds is 6. The second kappa shape index (κ2) is 6.74. The van der Waals surface area contributed by atoms with E-state index in [9.17, 15) is 0 Å². The quantitative estimate of drug-likeness (QED) is 0.803. The van der Waals surface area contributed by atoms with Crippen LogP contribution in [-0.4, -0.2) is 25.8 Å². The third kappa shape index (κ3) is 3.71. The molecule has 2 nitrogen and oxygen atoms in total. The Balaban J connectivity index is 2.09. The lowest BCUT2D eigenvalue weighted by molar-refractivity contribution is 0.0631. The predicted octanol–water partition coefficient (Wildman–Crippen LogP) is 3.68. The van der Waals surface area contributed by atoms with Crippen LogP contribution in [0, 0.1) is 5.41 Å². The monoisotopic (exact) mass is 281 g/mol. The topological polar surface area (TPSA) is 21.3 Å². The molecule has 1 heterocycles. The zero-order valence-electron chi connectivity index (χ0n) is 11.9. The Labute approximate surface area is 121 Å². The second-order valence-corrected chi connectivity index (χ2v) is 6.05. The van der Waals surface area contributed by atoms with Gasteiger partial charge in [0.05, 0.1) is 6.10 Å². The fourth-order valence-corrected chi connectivity index (χ4v) is 3.13. The van der Waals surface area contributed by atoms with E-state index in [2.05, 4.69) is 31.3 Å². The highest BCUT2D eigenvalue weighted by Crippen LogP contribution is 2.38. The van der Waals surface area contributed by atoms with Gasteiger partial charge in [-0.1, -0.05) is 30.7 Å². The Morgan fingerprint density at radius 3 is 2.95 bits per heavy atom. The maximum Gasteiger partial charge on any atom is 0.0619 e. The van der Waals surface area contributed by atoms with Gasteiger partial charge in [-0.3, -0.25) is 0 Å². The Kier molecular flexibility index (Phi) is 5.26. The molecule has 1 fully saturated rings. The fraction of sp³-hybridized carbons (Fsp3) is 0.625. The smallest absolute Gasteiger partial charge is 0.0619 e. The molecule has 3 heteroatoms. The first-order chi connectivity index (χ1) is 9.16. The summed E-state index contributed by atoms with van der Waals surface area (Å²) in [4.78, 5) is 0. The Morgan fingerprint density at radius 1 is 1.47 bits per heavy atom. The lowest BCUT2D eigenvalue weighted by Gasteiger charge is -2.33.